The molecule has 1 aromatic heterocycles. The Kier molecular flexibility index (Phi) is 5.68. The summed E-state index contributed by atoms with van der Waals surface area (Å²) in [7, 11) is 0. The van der Waals surface area contributed by atoms with Gasteiger partial charge < -0.3 is 14.4 Å². The van der Waals surface area contributed by atoms with Crippen molar-refractivity contribution in [3.63, 3.8) is 0 Å². The molecule has 2 aliphatic rings. The summed E-state index contributed by atoms with van der Waals surface area (Å²) in [6.07, 6.45) is 6.89. The number of hydrogen-bond acceptors (Lipinski definition) is 4. The Morgan fingerprint density at radius 3 is 2.86 bits per heavy atom. The lowest BCUT2D eigenvalue weighted by Gasteiger charge is -2.35. The van der Waals surface area contributed by atoms with Crippen molar-refractivity contribution in [2.75, 3.05) is 39.5 Å². The van der Waals surface area contributed by atoms with Crippen molar-refractivity contribution in [1.29, 1.82) is 0 Å². The van der Waals surface area contributed by atoms with Crippen molar-refractivity contribution in [3.05, 3.63) is 24.0 Å². The summed E-state index contributed by atoms with van der Waals surface area (Å²) in [5.74, 6) is 2.39. The molecule has 1 unspecified atom stereocenters. The van der Waals surface area contributed by atoms with Gasteiger partial charge in [-0.25, -0.2) is 0 Å². The van der Waals surface area contributed by atoms with E-state index in [-0.39, 0.29) is 0 Å². The van der Waals surface area contributed by atoms with Crippen molar-refractivity contribution < 1.29 is 9.47 Å². The lowest BCUT2D eigenvalue weighted by atomic mass is 9.95. The predicted molar refractivity (Wildman–Crippen MR) is 87.2 cm³/mol. The van der Waals surface area contributed by atoms with Gasteiger partial charge in [-0.05, 0) is 63.6 Å². The molecule has 0 aromatic carbocycles. The van der Waals surface area contributed by atoms with E-state index in [0.29, 0.717) is 5.92 Å². The summed E-state index contributed by atoms with van der Waals surface area (Å²) < 4.78 is 11.5. The average Bonchev–Trinajstić information content (AvgIpc) is 2.55. The van der Waals surface area contributed by atoms with Crippen LogP contribution in [-0.4, -0.2) is 49.3 Å². The maximum atomic E-state index is 5.93. The Hall–Kier alpha value is -1.13. The molecule has 2 fully saturated rings. The molecule has 4 nitrogen and oxygen atoms in total. The first-order chi connectivity index (χ1) is 10.8. The van der Waals surface area contributed by atoms with Gasteiger partial charge in [-0.15, -0.1) is 0 Å². The highest BCUT2D eigenvalue weighted by Gasteiger charge is 2.23. The van der Waals surface area contributed by atoms with Gasteiger partial charge in [-0.3, -0.25) is 4.98 Å². The second-order valence-corrected chi connectivity index (χ2v) is 6.77. The second-order valence-electron chi connectivity index (χ2n) is 6.77. The molecular formula is C18H28N2O2. The molecule has 0 saturated carbocycles. The van der Waals surface area contributed by atoms with Gasteiger partial charge in [-0.2, -0.15) is 0 Å². The number of pyridine rings is 1. The molecule has 0 bridgehead atoms. The first kappa shape index (κ1) is 15.8. The molecule has 1 aromatic rings. The largest absolute Gasteiger partial charge is 0.493 e. The van der Waals surface area contributed by atoms with E-state index in [1.165, 1.54) is 45.3 Å². The molecule has 1 atom stereocenters. The molecule has 0 aliphatic carbocycles. The van der Waals surface area contributed by atoms with Gasteiger partial charge >= 0.3 is 0 Å². The highest BCUT2D eigenvalue weighted by Crippen LogP contribution is 2.22. The molecule has 0 radical (unpaired) electrons. The van der Waals surface area contributed by atoms with Crippen LogP contribution in [0, 0.1) is 18.8 Å². The maximum Gasteiger partial charge on any atom is 0.122 e. The van der Waals surface area contributed by atoms with Gasteiger partial charge in [0.1, 0.15) is 5.75 Å². The van der Waals surface area contributed by atoms with E-state index in [0.717, 1.165) is 37.2 Å². The number of hydrogen-bond donors (Lipinski definition) is 0. The molecule has 4 heteroatoms. The third-order valence-electron chi connectivity index (χ3n) is 4.83. The summed E-state index contributed by atoms with van der Waals surface area (Å²) in [5, 5.41) is 0. The standard InChI is InChI=1S/C18H28N2O2/c1-15-11-18(4-7-19-15)22-14-16-5-8-20(9-6-16)12-17-3-2-10-21-13-17/h4,7,11,16-17H,2-3,5-6,8-10,12-14H2,1H3. The quantitative estimate of drug-likeness (QED) is 0.838. The molecule has 122 valence electrons. The predicted octanol–water partition coefficient (Wildman–Crippen LogP) is 2.91. The van der Waals surface area contributed by atoms with Crippen LogP contribution in [0.4, 0.5) is 0 Å². The van der Waals surface area contributed by atoms with E-state index < -0.39 is 0 Å². The Bertz CT molecular complexity index is 452. The first-order valence-corrected chi connectivity index (χ1v) is 8.65. The van der Waals surface area contributed by atoms with Gasteiger partial charge in [0.05, 0.1) is 13.2 Å². The Labute approximate surface area is 133 Å². The van der Waals surface area contributed by atoms with E-state index in [9.17, 15) is 0 Å². The third-order valence-corrected chi connectivity index (χ3v) is 4.83. The zero-order chi connectivity index (χ0) is 15.2. The summed E-state index contributed by atoms with van der Waals surface area (Å²) in [6, 6.07) is 3.96. The van der Waals surface area contributed by atoms with E-state index in [1.807, 2.05) is 25.3 Å². The second kappa shape index (κ2) is 7.93. The minimum absolute atomic E-state index is 0.687. The molecule has 22 heavy (non-hydrogen) atoms. The van der Waals surface area contributed by atoms with Crippen LogP contribution in [0.25, 0.3) is 0 Å². The van der Waals surface area contributed by atoms with Crippen LogP contribution in [0.3, 0.4) is 0 Å². The van der Waals surface area contributed by atoms with Crippen molar-refractivity contribution in [1.82, 2.24) is 9.88 Å². The number of piperidine rings is 1. The number of rotatable bonds is 5. The molecule has 3 rings (SSSR count). The van der Waals surface area contributed by atoms with E-state index in [4.69, 9.17) is 9.47 Å². The Morgan fingerprint density at radius 2 is 2.14 bits per heavy atom. The Balaban J connectivity index is 1.36. The van der Waals surface area contributed by atoms with Crippen LogP contribution in [0.15, 0.2) is 18.3 Å². The zero-order valence-electron chi connectivity index (χ0n) is 13.7. The van der Waals surface area contributed by atoms with Gasteiger partial charge in [0, 0.05) is 31.1 Å². The topological polar surface area (TPSA) is 34.6 Å². The molecule has 0 spiro atoms. The number of ether oxygens (including phenoxy) is 2. The third kappa shape index (κ3) is 4.68. The normalized spacial score (nSPS) is 24.3. The van der Waals surface area contributed by atoms with Crippen LogP contribution in [0.1, 0.15) is 31.4 Å². The highest BCUT2D eigenvalue weighted by molar-refractivity contribution is 5.21. The van der Waals surface area contributed by atoms with Crippen molar-refractivity contribution >= 4 is 0 Å². The monoisotopic (exact) mass is 304 g/mol. The molecule has 0 N–H and O–H groups in total. The molecule has 0 amide bonds. The van der Waals surface area contributed by atoms with Crippen LogP contribution in [-0.2, 0) is 4.74 Å². The van der Waals surface area contributed by atoms with Crippen molar-refractivity contribution in [2.45, 2.75) is 32.6 Å². The van der Waals surface area contributed by atoms with E-state index >= 15 is 0 Å². The fraction of sp³-hybridized carbons (Fsp3) is 0.722. The summed E-state index contributed by atoms with van der Waals surface area (Å²) >= 11 is 0. The molecule has 2 aliphatic heterocycles. The van der Waals surface area contributed by atoms with Crippen molar-refractivity contribution in [3.8, 4) is 5.75 Å². The smallest absolute Gasteiger partial charge is 0.122 e. The number of likely N-dealkylation sites (tertiary alicyclic amines) is 1. The van der Waals surface area contributed by atoms with E-state index in [2.05, 4.69) is 9.88 Å². The highest BCUT2D eigenvalue weighted by atomic mass is 16.5. The average molecular weight is 304 g/mol. The van der Waals surface area contributed by atoms with Crippen LogP contribution in [0.5, 0.6) is 5.75 Å². The van der Waals surface area contributed by atoms with Crippen molar-refractivity contribution in [2.24, 2.45) is 11.8 Å². The molecule has 2 saturated heterocycles. The SMILES string of the molecule is Cc1cc(OCC2CCN(CC3CCCOC3)CC2)ccn1. The minimum Gasteiger partial charge on any atom is -0.493 e. The fourth-order valence-electron chi connectivity index (χ4n) is 3.48. The fourth-order valence-corrected chi connectivity index (χ4v) is 3.48. The summed E-state index contributed by atoms with van der Waals surface area (Å²) in [5.41, 5.74) is 1.02. The summed E-state index contributed by atoms with van der Waals surface area (Å²) in [4.78, 5) is 6.82. The van der Waals surface area contributed by atoms with E-state index in [1.54, 1.807) is 0 Å². The lowest BCUT2D eigenvalue weighted by molar-refractivity contribution is 0.0307. The molecular weight excluding hydrogens is 276 g/mol. The van der Waals surface area contributed by atoms with Gasteiger partial charge in [-0.1, -0.05) is 0 Å². The minimum atomic E-state index is 0.687. The van der Waals surface area contributed by atoms with Crippen LogP contribution >= 0.6 is 0 Å². The molecule has 3 heterocycles. The number of aromatic nitrogens is 1. The zero-order valence-corrected chi connectivity index (χ0v) is 13.7. The van der Waals surface area contributed by atoms with Gasteiger partial charge in [0.2, 0.25) is 0 Å². The van der Waals surface area contributed by atoms with Gasteiger partial charge in [0.15, 0.2) is 0 Å². The Morgan fingerprint density at radius 1 is 1.27 bits per heavy atom. The number of nitrogens with zero attached hydrogens (tertiary/aromatic N) is 2. The van der Waals surface area contributed by atoms with Crippen LogP contribution in [0.2, 0.25) is 0 Å². The number of aryl methyl sites for hydroxylation is 1. The summed E-state index contributed by atoms with van der Waals surface area (Å²) in [6.45, 7) is 8.40. The van der Waals surface area contributed by atoms with Gasteiger partial charge in [0.25, 0.3) is 0 Å². The van der Waals surface area contributed by atoms with Crippen LogP contribution < -0.4 is 4.74 Å². The lowest BCUT2D eigenvalue weighted by Crippen LogP contribution is -2.40. The maximum absolute atomic E-state index is 5.93. The first-order valence-electron chi connectivity index (χ1n) is 8.65.